The van der Waals surface area contributed by atoms with Crippen LogP contribution in [0.1, 0.15) is 57.1 Å². The standard InChI is InChI=1S/C22H32N4O2/c1-3-16-4-9-21-17(14-16)15-23-26(21)19-10-12-25(13-11-19)22(27)24-18-5-7-20(28-2)8-6-18/h4,9,14-15,18-20H,3,5-8,10-13H2,1-2H3,(H,24,27)/t18-,20-. The largest absolute Gasteiger partial charge is 0.381 e. The molecular formula is C22H32N4O2. The third kappa shape index (κ3) is 4.02. The van der Waals surface area contributed by atoms with E-state index in [2.05, 4.69) is 40.2 Å². The van der Waals surface area contributed by atoms with Crippen molar-refractivity contribution >= 4 is 16.9 Å². The van der Waals surface area contributed by atoms with Gasteiger partial charge in [0.15, 0.2) is 0 Å². The van der Waals surface area contributed by atoms with Crippen molar-refractivity contribution in [3.05, 3.63) is 30.0 Å². The number of carbonyl (C=O) groups excluding carboxylic acids is 1. The summed E-state index contributed by atoms with van der Waals surface area (Å²) < 4.78 is 7.58. The highest BCUT2D eigenvalue weighted by Crippen LogP contribution is 2.27. The van der Waals surface area contributed by atoms with Gasteiger partial charge in [-0.2, -0.15) is 5.10 Å². The summed E-state index contributed by atoms with van der Waals surface area (Å²) in [6, 6.07) is 7.38. The van der Waals surface area contributed by atoms with E-state index in [0.717, 1.165) is 58.0 Å². The quantitative estimate of drug-likeness (QED) is 0.870. The van der Waals surface area contributed by atoms with Gasteiger partial charge in [-0.3, -0.25) is 4.68 Å². The maximum absolute atomic E-state index is 12.7. The Morgan fingerprint density at radius 2 is 1.93 bits per heavy atom. The van der Waals surface area contributed by atoms with E-state index < -0.39 is 0 Å². The van der Waals surface area contributed by atoms with Crippen molar-refractivity contribution in [2.24, 2.45) is 0 Å². The van der Waals surface area contributed by atoms with Crippen molar-refractivity contribution in [3.8, 4) is 0 Å². The first kappa shape index (κ1) is 19.2. The minimum atomic E-state index is 0.0947. The number of nitrogens with one attached hydrogen (secondary N) is 1. The van der Waals surface area contributed by atoms with Crippen molar-refractivity contribution in [1.82, 2.24) is 20.0 Å². The van der Waals surface area contributed by atoms with Gasteiger partial charge in [-0.15, -0.1) is 0 Å². The fourth-order valence-electron chi connectivity index (χ4n) is 4.64. The number of hydrogen-bond acceptors (Lipinski definition) is 3. The molecule has 152 valence electrons. The molecule has 0 bridgehead atoms. The summed E-state index contributed by atoms with van der Waals surface area (Å²) in [6.07, 6.45) is 9.39. The Balaban J connectivity index is 1.31. The number of nitrogens with zero attached hydrogens (tertiary/aromatic N) is 3. The van der Waals surface area contributed by atoms with Gasteiger partial charge in [-0.1, -0.05) is 13.0 Å². The molecule has 1 aliphatic carbocycles. The third-order valence-corrected chi connectivity index (χ3v) is 6.50. The second-order valence-corrected chi connectivity index (χ2v) is 8.21. The fraction of sp³-hybridized carbons (Fsp3) is 0.636. The SMILES string of the molecule is CCc1ccc2c(cnn2C2CCN(C(=O)N[C@H]3CC[C@H](OC)CC3)CC2)c1. The van der Waals surface area contributed by atoms with Gasteiger partial charge in [-0.05, 0) is 62.6 Å². The van der Waals surface area contributed by atoms with E-state index in [0.29, 0.717) is 18.2 Å². The molecule has 0 radical (unpaired) electrons. The normalized spacial score (nSPS) is 23.9. The molecule has 6 heteroatoms. The van der Waals surface area contributed by atoms with E-state index >= 15 is 0 Å². The monoisotopic (exact) mass is 384 g/mol. The van der Waals surface area contributed by atoms with Gasteiger partial charge in [0.05, 0.1) is 23.9 Å². The van der Waals surface area contributed by atoms with E-state index in [9.17, 15) is 4.79 Å². The Kier molecular flexibility index (Phi) is 5.85. The zero-order chi connectivity index (χ0) is 19.5. The van der Waals surface area contributed by atoms with Crippen LogP contribution in [0.4, 0.5) is 4.79 Å². The molecule has 2 aliphatic rings. The van der Waals surface area contributed by atoms with Crippen LogP contribution in [0.3, 0.4) is 0 Å². The zero-order valence-electron chi connectivity index (χ0n) is 17.1. The number of ether oxygens (including phenoxy) is 1. The van der Waals surface area contributed by atoms with Gasteiger partial charge in [0.25, 0.3) is 0 Å². The first-order valence-electron chi connectivity index (χ1n) is 10.7. The van der Waals surface area contributed by atoms with Gasteiger partial charge in [0.1, 0.15) is 0 Å². The van der Waals surface area contributed by atoms with Crippen molar-refractivity contribution in [1.29, 1.82) is 0 Å². The maximum atomic E-state index is 12.7. The van der Waals surface area contributed by atoms with Crippen LogP contribution in [0.25, 0.3) is 10.9 Å². The third-order valence-electron chi connectivity index (χ3n) is 6.50. The van der Waals surface area contributed by atoms with Gasteiger partial charge < -0.3 is 15.0 Å². The molecule has 6 nitrogen and oxygen atoms in total. The summed E-state index contributed by atoms with van der Waals surface area (Å²) in [5, 5.41) is 9.11. The van der Waals surface area contributed by atoms with E-state index in [1.54, 1.807) is 7.11 Å². The molecule has 4 rings (SSSR count). The lowest BCUT2D eigenvalue weighted by Gasteiger charge is -2.35. The lowest BCUT2D eigenvalue weighted by Crippen LogP contribution is -2.49. The molecule has 1 aliphatic heterocycles. The molecule has 28 heavy (non-hydrogen) atoms. The molecule has 0 unspecified atom stereocenters. The van der Waals surface area contributed by atoms with Crippen molar-refractivity contribution in [3.63, 3.8) is 0 Å². The van der Waals surface area contributed by atoms with Crippen molar-refractivity contribution < 1.29 is 9.53 Å². The first-order valence-corrected chi connectivity index (χ1v) is 10.7. The fourth-order valence-corrected chi connectivity index (χ4v) is 4.64. The number of urea groups is 1. The second kappa shape index (κ2) is 8.52. The molecule has 0 spiro atoms. The highest BCUT2D eigenvalue weighted by molar-refractivity contribution is 5.79. The van der Waals surface area contributed by atoms with E-state index in [4.69, 9.17) is 4.74 Å². The predicted molar refractivity (Wildman–Crippen MR) is 111 cm³/mol. The number of rotatable bonds is 4. The summed E-state index contributed by atoms with van der Waals surface area (Å²) in [5.74, 6) is 0. The van der Waals surface area contributed by atoms with Crippen LogP contribution >= 0.6 is 0 Å². The number of carbonyl (C=O) groups is 1. The molecule has 2 fully saturated rings. The molecule has 2 aromatic rings. The zero-order valence-corrected chi connectivity index (χ0v) is 17.1. The Labute approximate surface area is 167 Å². The van der Waals surface area contributed by atoms with Gasteiger partial charge >= 0.3 is 6.03 Å². The Bertz CT molecular complexity index is 802. The lowest BCUT2D eigenvalue weighted by molar-refractivity contribution is 0.0624. The molecule has 0 atom stereocenters. The number of benzene rings is 1. The van der Waals surface area contributed by atoms with Gasteiger partial charge in [0.2, 0.25) is 0 Å². The van der Waals surface area contributed by atoms with Gasteiger partial charge in [0, 0.05) is 31.6 Å². The highest BCUT2D eigenvalue weighted by atomic mass is 16.5. The maximum Gasteiger partial charge on any atom is 0.317 e. The smallest absolute Gasteiger partial charge is 0.317 e. The summed E-state index contributed by atoms with van der Waals surface area (Å²) in [4.78, 5) is 14.6. The first-order chi connectivity index (χ1) is 13.7. The van der Waals surface area contributed by atoms with E-state index in [-0.39, 0.29) is 6.03 Å². The van der Waals surface area contributed by atoms with E-state index in [1.165, 1.54) is 16.5 Å². The lowest BCUT2D eigenvalue weighted by atomic mass is 9.93. The molecular weight excluding hydrogens is 352 g/mol. The van der Waals surface area contributed by atoms with Crippen LogP contribution in [-0.4, -0.2) is 53.1 Å². The minimum absolute atomic E-state index is 0.0947. The molecule has 1 saturated carbocycles. The van der Waals surface area contributed by atoms with Crippen LogP contribution in [0, 0.1) is 0 Å². The molecule has 2 amide bonds. The minimum Gasteiger partial charge on any atom is -0.381 e. The van der Waals surface area contributed by atoms with Crippen LogP contribution < -0.4 is 5.32 Å². The Morgan fingerprint density at radius 3 is 2.61 bits per heavy atom. The second-order valence-electron chi connectivity index (χ2n) is 8.21. The summed E-state index contributed by atoms with van der Waals surface area (Å²) in [5.41, 5.74) is 2.55. The van der Waals surface area contributed by atoms with Crippen LogP contribution in [0.5, 0.6) is 0 Å². The van der Waals surface area contributed by atoms with Crippen LogP contribution in [0.2, 0.25) is 0 Å². The van der Waals surface area contributed by atoms with Gasteiger partial charge in [-0.25, -0.2) is 4.79 Å². The number of aryl methyl sites for hydroxylation is 1. The highest BCUT2D eigenvalue weighted by Gasteiger charge is 2.28. The van der Waals surface area contributed by atoms with Crippen molar-refractivity contribution in [2.45, 2.75) is 70.1 Å². The number of methoxy groups -OCH3 is 1. The summed E-state index contributed by atoms with van der Waals surface area (Å²) in [6.45, 7) is 3.76. The topological polar surface area (TPSA) is 59.4 Å². The molecule has 1 saturated heterocycles. The average Bonchev–Trinajstić information content (AvgIpc) is 3.17. The number of hydrogen-bond donors (Lipinski definition) is 1. The molecule has 1 aromatic heterocycles. The number of aromatic nitrogens is 2. The predicted octanol–water partition coefficient (Wildman–Crippen LogP) is 3.90. The van der Waals surface area contributed by atoms with E-state index in [1.807, 2.05) is 11.1 Å². The Morgan fingerprint density at radius 1 is 1.18 bits per heavy atom. The van der Waals surface area contributed by atoms with Crippen LogP contribution in [-0.2, 0) is 11.2 Å². The van der Waals surface area contributed by atoms with Crippen LogP contribution in [0.15, 0.2) is 24.4 Å². The van der Waals surface area contributed by atoms with Crippen molar-refractivity contribution in [2.75, 3.05) is 20.2 Å². The number of amides is 2. The number of piperidine rings is 1. The average molecular weight is 385 g/mol. The Hall–Kier alpha value is -2.08. The molecule has 1 aromatic carbocycles. The number of fused-ring (bicyclic) bond motifs is 1. The summed E-state index contributed by atoms with van der Waals surface area (Å²) in [7, 11) is 1.78. The number of likely N-dealkylation sites (tertiary alicyclic amines) is 1. The summed E-state index contributed by atoms with van der Waals surface area (Å²) >= 11 is 0. The molecule has 1 N–H and O–H groups in total. The molecule has 2 heterocycles.